The largest absolute Gasteiger partial charge is 0.0851 e. The zero-order valence-electron chi connectivity index (χ0n) is 28.2. The Morgan fingerprint density at radius 2 is 1.00 bits per heavy atom. The number of aryl methyl sites for hydroxylation is 1. The average molecular weight is 579 g/mol. The van der Waals surface area contributed by atoms with Gasteiger partial charge in [0.15, 0.2) is 0 Å². The number of hydrogen-bond donors (Lipinski definition) is 0. The fourth-order valence-corrected chi connectivity index (χ4v) is 9.34. The van der Waals surface area contributed by atoms with Gasteiger partial charge in [-0.2, -0.15) is 0 Å². The predicted molar refractivity (Wildman–Crippen MR) is 192 cm³/mol. The van der Waals surface area contributed by atoms with E-state index < -0.39 is 0 Å². The minimum Gasteiger partial charge on any atom is -0.0851 e. The Hall–Kier alpha value is -1.30. The molecule has 0 aliphatic heterocycles. The zero-order valence-corrected chi connectivity index (χ0v) is 28.2. The molecule has 4 saturated carbocycles. The highest BCUT2D eigenvalue weighted by Gasteiger charge is 2.30. The van der Waals surface area contributed by atoms with Crippen molar-refractivity contribution in [1.29, 1.82) is 0 Å². The SMILES string of the molecule is CC1CCC(C2=CCC(C3CCC(C)CC3)CC2)CC1.Cc1ccc(C2CCC(/C=C/C3CCC(C)CC3)CC2)cc1.[HH].[HH].[HH].[HH]. The van der Waals surface area contributed by atoms with Crippen LogP contribution in [0, 0.1) is 54.3 Å². The minimum atomic E-state index is 0. The van der Waals surface area contributed by atoms with E-state index in [0.29, 0.717) is 0 Å². The summed E-state index contributed by atoms with van der Waals surface area (Å²) in [5.41, 5.74) is 4.80. The van der Waals surface area contributed by atoms with Crippen LogP contribution in [0.4, 0.5) is 0 Å². The van der Waals surface area contributed by atoms with Crippen LogP contribution in [0.3, 0.4) is 0 Å². The fourth-order valence-electron chi connectivity index (χ4n) is 9.34. The van der Waals surface area contributed by atoms with Crippen LogP contribution in [0.15, 0.2) is 48.1 Å². The molecule has 4 fully saturated rings. The van der Waals surface area contributed by atoms with Crippen LogP contribution in [0.1, 0.15) is 166 Å². The molecule has 0 N–H and O–H groups in total. The summed E-state index contributed by atoms with van der Waals surface area (Å²) in [6.07, 6.45) is 35.4. The Morgan fingerprint density at radius 3 is 1.52 bits per heavy atom. The van der Waals surface area contributed by atoms with E-state index in [4.69, 9.17) is 0 Å². The molecule has 0 heteroatoms. The van der Waals surface area contributed by atoms with Crippen LogP contribution in [0.2, 0.25) is 0 Å². The first-order valence-corrected chi connectivity index (χ1v) is 18.9. The lowest BCUT2D eigenvalue weighted by atomic mass is 9.69. The highest BCUT2D eigenvalue weighted by Crippen LogP contribution is 2.43. The van der Waals surface area contributed by atoms with Gasteiger partial charge >= 0.3 is 0 Å². The Balaban J connectivity index is 0.000000425. The van der Waals surface area contributed by atoms with Gasteiger partial charge in [-0.05, 0) is 149 Å². The molecule has 0 radical (unpaired) electrons. The third kappa shape index (κ3) is 9.60. The van der Waals surface area contributed by atoms with E-state index in [1.807, 2.05) is 5.57 Å². The van der Waals surface area contributed by atoms with Crippen molar-refractivity contribution in [2.45, 2.75) is 156 Å². The second-order valence-electron chi connectivity index (χ2n) is 16.2. The van der Waals surface area contributed by atoms with Gasteiger partial charge in [-0.3, -0.25) is 0 Å². The lowest BCUT2D eigenvalue weighted by Gasteiger charge is -2.36. The second kappa shape index (κ2) is 16.1. The standard InChI is InChI=1S/C22H32.C20H34.4H2/c1-17-3-7-19(8-4-17)9-10-20-11-15-22(16-12-20)21-13-5-18(2)6-14-21;1-15-3-7-17(8-4-15)19-11-13-20(14-12-19)18-9-5-16(2)6-10-18;;;;/h5-6,9-10,13-14,17,19-20,22H,3-4,7-8,11-12,15-16H2,1-2H3;11,15-18,20H,3-10,12-14H2,1-2H3;4*1H/b10-9+;;;;;. The molecule has 0 heterocycles. The molecule has 0 bridgehead atoms. The predicted octanol–water partition coefficient (Wildman–Crippen LogP) is 14.0. The van der Waals surface area contributed by atoms with E-state index in [0.717, 1.165) is 53.3 Å². The van der Waals surface area contributed by atoms with Crippen molar-refractivity contribution in [3.63, 3.8) is 0 Å². The first-order chi connectivity index (χ1) is 20.4. The fraction of sp³-hybridized carbons (Fsp3) is 0.762. The van der Waals surface area contributed by atoms with Crippen molar-refractivity contribution in [2.75, 3.05) is 0 Å². The van der Waals surface area contributed by atoms with Crippen LogP contribution in [0.5, 0.6) is 0 Å². The summed E-state index contributed by atoms with van der Waals surface area (Å²) in [7, 11) is 0. The third-order valence-corrected chi connectivity index (χ3v) is 12.8. The van der Waals surface area contributed by atoms with Gasteiger partial charge in [-0.15, -0.1) is 0 Å². The molecule has 1 unspecified atom stereocenters. The van der Waals surface area contributed by atoms with Crippen molar-refractivity contribution >= 4 is 0 Å². The van der Waals surface area contributed by atoms with Gasteiger partial charge < -0.3 is 0 Å². The summed E-state index contributed by atoms with van der Waals surface area (Å²) < 4.78 is 0. The Labute approximate surface area is 267 Å². The van der Waals surface area contributed by atoms with Crippen LogP contribution < -0.4 is 0 Å². The highest BCUT2D eigenvalue weighted by molar-refractivity contribution is 5.25. The van der Waals surface area contributed by atoms with Crippen LogP contribution >= 0.6 is 0 Å². The molecule has 0 aromatic heterocycles. The lowest BCUT2D eigenvalue weighted by molar-refractivity contribution is 0.195. The third-order valence-electron chi connectivity index (χ3n) is 12.8. The molecule has 0 spiro atoms. The summed E-state index contributed by atoms with van der Waals surface area (Å²) >= 11 is 0. The molecular formula is C42H74. The first kappa shape index (κ1) is 32.1. The van der Waals surface area contributed by atoms with Gasteiger partial charge in [0, 0.05) is 5.71 Å². The van der Waals surface area contributed by atoms with Crippen LogP contribution in [-0.2, 0) is 0 Å². The molecule has 0 saturated heterocycles. The van der Waals surface area contributed by atoms with E-state index >= 15 is 0 Å². The molecule has 1 aromatic rings. The molecule has 42 heavy (non-hydrogen) atoms. The van der Waals surface area contributed by atoms with Crippen molar-refractivity contribution in [1.82, 2.24) is 0 Å². The van der Waals surface area contributed by atoms with E-state index in [2.05, 4.69) is 70.2 Å². The van der Waals surface area contributed by atoms with Crippen molar-refractivity contribution in [3.8, 4) is 0 Å². The van der Waals surface area contributed by atoms with Crippen molar-refractivity contribution in [3.05, 3.63) is 59.2 Å². The molecule has 6 rings (SSSR count). The lowest BCUT2D eigenvalue weighted by Crippen LogP contribution is -2.24. The van der Waals surface area contributed by atoms with Crippen molar-refractivity contribution in [2.24, 2.45) is 47.3 Å². The monoisotopic (exact) mass is 579 g/mol. The first-order valence-electron chi connectivity index (χ1n) is 18.9. The van der Waals surface area contributed by atoms with Gasteiger partial charge in [0.25, 0.3) is 0 Å². The highest BCUT2D eigenvalue weighted by atomic mass is 14.4. The van der Waals surface area contributed by atoms with E-state index in [1.165, 1.54) is 128 Å². The second-order valence-corrected chi connectivity index (χ2v) is 16.2. The Kier molecular flexibility index (Phi) is 12.3. The topological polar surface area (TPSA) is 0 Å². The number of benzene rings is 1. The van der Waals surface area contributed by atoms with E-state index in [9.17, 15) is 0 Å². The van der Waals surface area contributed by atoms with Crippen molar-refractivity contribution < 1.29 is 5.71 Å². The maximum Gasteiger partial charge on any atom is 0 e. The normalized spacial score (nSPS) is 37.9. The summed E-state index contributed by atoms with van der Waals surface area (Å²) in [6, 6.07) is 9.23. The maximum atomic E-state index is 2.69. The molecule has 0 nitrogen and oxygen atoms in total. The number of hydrogen-bond acceptors (Lipinski definition) is 0. The Bertz CT molecular complexity index is 967. The summed E-state index contributed by atoms with van der Waals surface area (Å²) in [6.45, 7) is 9.47. The number of rotatable bonds is 5. The Morgan fingerprint density at radius 1 is 0.524 bits per heavy atom. The summed E-state index contributed by atoms with van der Waals surface area (Å²) in [4.78, 5) is 0. The number of allylic oxidation sites excluding steroid dienone is 4. The molecule has 1 aromatic carbocycles. The molecular weight excluding hydrogens is 504 g/mol. The van der Waals surface area contributed by atoms with E-state index in [-0.39, 0.29) is 5.71 Å². The molecule has 1 atom stereocenters. The van der Waals surface area contributed by atoms with Gasteiger partial charge in [0.2, 0.25) is 0 Å². The van der Waals surface area contributed by atoms with Gasteiger partial charge in [-0.1, -0.05) is 113 Å². The van der Waals surface area contributed by atoms with Crippen LogP contribution in [0.25, 0.3) is 0 Å². The summed E-state index contributed by atoms with van der Waals surface area (Å²) in [5, 5.41) is 0. The molecule has 5 aliphatic carbocycles. The van der Waals surface area contributed by atoms with Gasteiger partial charge in [0.05, 0.1) is 0 Å². The molecule has 5 aliphatic rings. The summed E-state index contributed by atoms with van der Waals surface area (Å²) in [5.74, 6) is 8.57. The van der Waals surface area contributed by atoms with Gasteiger partial charge in [0.1, 0.15) is 0 Å². The minimum absolute atomic E-state index is 0. The van der Waals surface area contributed by atoms with Gasteiger partial charge in [-0.25, -0.2) is 0 Å². The van der Waals surface area contributed by atoms with Crippen LogP contribution in [-0.4, -0.2) is 0 Å². The zero-order chi connectivity index (χ0) is 29.3. The molecule has 0 amide bonds. The maximum absolute atomic E-state index is 2.69. The quantitative estimate of drug-likeness (QED) is 0.305. The molecule has 242 valence electrons. The average Bonchev–Trinajstić information content (AvgIpc) is 3.03. The smallest absolute Gasteiger partial charge is 0 e. The van der Waals surface area contributed by atoms with E-state index in [1.54, 1.807) is 5.56 Å².